The van der Waals surface area contributed by atoms with Gasteiger partial charge in [-0.25, -0.2) is 0 Å². The van der Waals surface area contributed by atoms with E-state index in [0.29, 0.717) is 12.8 Å². The predicted molar refractivity (Wildman–Crippen MR) is 201 cm³/mol. The van der Waals surface area contributed by atoms with Gasteiger partial charge in [0.1, 0.15) is 6.61 Å². The van der Waals surface area contributed by atoms with Crippen LogP contribution in [0.2, 0.25) is 0 Å². The van der Waals surface area contributed by atoms with E-state index in [-0.39, 0.29) is 25.2 Å². The summed E-state index contributed by atoms with van der Waals surface area (Å²) in [6.07, 6.45) is 44.2. The number of ether oxygens (including phenoxy) is 2. The molecule has 47 heavy (non-hydrogen) atoms. The summed E-state index contributed by atoms with van der Waals surface area (Å²) < 4.78 is 10.6. The van der Waals surface area contributed by atoms with Crippen molar-refractivity contribution in [2.45, 2.75) is 232 Å². The molecule has 0 aliphatic heterocycles. The summed E-state index contributed by atoms with van der Waals surface area (Å²) in [5.74, 6) is -0.589. The standard InChI is InChI=1S/C42H80O5/c1-3-5-7-9-11-13-15-17-19-20-21-22-23-25-26-28-30-32-34-36-41(44)46-39-40(38-43)47-42(45)37-35-33-31-29-27-24-18-16-14-12-10-8-6-4-2/h16,18,40,43H,3-15,17,19-39H2,1-2H3/b18-16+/t40-/m0/s1. The molecule has 0 unspecified atom stereocenters. The van der Waals surface area contributed by atoms with Crippen LogP contribution in [0, 0.1) is 0 Å². The molecule has 0 saturated carbocycles. The van der Waals surface area contributed by atoms with E-state index < -0.39 is 6.10 Å². The first kappa shape index (κ1) is 45.6. The summed E-state index contributed by atoms with van der Waals surface area (Å²) in [7, 11) is 0. The molecule has 0 aromatic heterocycles. The third-order valence-electron chi connectivity index (χ3n) is 9.31. The second kappa shape index (κ2) is 39.1. The molecule has 0 heterocycles. The SMILES string of the molecule is CCCCCCC/C=C/CCCCCCCC(=O)O[C@@H](CO)COC(=O)CCCCCCCCCCCCCCCCCCCCC. The molecule has 0 bridgehead atoms. The van der Waals surface area contributed by atoms with Crippen molar-refractivity contribution in [1.82, 2.24) is 0 Å². The molecule has 1 atom stereocenters. The van der Waals surface area contributed by atoms with E-state index >= 15 is 0 Å². The Bertz CT molecular complexity index is 676. The monoisotopic (exact) mass is 665 g/mol. The van der Waals surface area contributed by atoms with Gasteiger partial charge in [0.15, 0.2) is 6.10 Å². The van der Waals surface area contributed by atoms with Gasteiger partial charge in [-0.3, -0.25) is 9.59 Å². The highest BCUT2D eigenvalue weighted by Crippen LogP contribution is 2.15. The van der Waals surface area contributed by atoms with Gasteiger partial charge in [-0.05, 0) is 38.5 Å². The Balaban J connectivity index is 3.49. The van der Waals surface area contributed by atoms with Crippen LogP contribution in [0.4, 0.5) is 0 Å². The molecular formula is C42H80O5. The highest BCUT2D eigenvalue weighted by molar-refractivity contribution is 5.70. The minimum atomic E-state index is -0.769. The quantitative estimate of drug-likeness (QED) is 0.0404. The molecule has 278 valence electrons. The highest BCUT2D eigenvalue weighted by Gasteiger charge is 2.16. The van der Waals surface area contributed by atoms with E-state index in [1.54, 1.807) is 0 Å². The molecule has 1 N–H and O–H groups in total. The third kappa shape index (κ3) is 37.3. The zero-order chi connectivity index (χ0) is 34.3. The second-order valence-corrected chi connectivity index (χ2v) is 14.1. The summed E-state index contributed by atoms with van der Waals surface area (Å²) in [5, 5.41) is 9.55. The van der Waals surface area contributed by atoms with Gasteiger partial charge in [-0.1, -0.05) is 187 Å². The number of aliphatic hydroxyl groups excluding tert-OH is 1. The molecular weight excluding hydrogens is 584 g/mol. The van der Waals surface area contributed by atoms with E-state index in [2.05, 4.69) is 26.0 Å². The Hall–Kier alpha value is -1.36. The molecule has 0 rings (SSSR count). The summed E-state index contributed by atoms with van der Waals surface area (Å²) in [5.41, 5.74) is 0. The molecule has 0 amide bonds. The van der Waals surface area contributed by atoms with Crippen LogP contribution in [0.25, 0.3) is 0 Å². The van der Waals surface area contributed by atoms with Gasteiger partial charge in [0.05, 0.1) is 6.61 Å². The molecule has 0 aliphatic carbocycles. The first-order chi connectivity index (χ1) is 23.1. The zero-order valence-corrected chi connectivity index (χ0v) is 31.6. The van der Waals surface area contributed by atoms with Crippen molar-refractivity contribution in [2.24, 2.45) is 0 Å². The summed E-state index contributed by atoms with van der Waals surface area (Å²) in [4.78, 5) is 24.3. The largest absolute Gasteiger partial charge is 0.462 e. The van der Waals surface area contributed by atoms with Crippen molar-refractivity contribution in [2.75, 3.05) is 13.2 Å². The van der Waals surface area contributed by atoms with Crippen molar-refractivity contribution in [3.63, 3.8) is 0 Å². The number of allylic oxidation sites excluding steroid dienone is 2. The van der Waals surface area contributed by atoms with Crippen molar-refractivity contribution in [3.8, 4) is 0 Å². The van der Waals surface area contributed by atoms with Crippen molar-refractivity contribution in [3.05, 3.63) is 12.2 Å². The summed E-state index contributed by atoms with van der Waals surface area (Å²) in [6, 6.07) is 0. The number of unbranched alkanes of at least 4 members (excludes halogenated alkanes) is 28. The lowest BCUT2D eigenvalue weighted by molar-refractivity contribution is -0.161. The molecule has 5 heteroatoms. The number of carbonyl (C=O) groups is 2. The summed E-state index contributed by atoms with van der Waals surface area (Å²) in [6.45, 7) is 4.14. The Kier molecular flexibility index (Phi) is 38.0. The maximum absolute atomic E-state index is 12.2. The van der Waals surface area contributed by atoms with Crippen LogP contribution in [-0.4, -0.2) is 36.4 Å². The molecule has 0 saturated heterocycles. The number of hydrogen-bond acceptors (Lipinski definition) is 5. The van der Waals surface area contributed by atoms with Gasteiger partial charge in [0.25, 0.3) is 0 Å². The van der Waals surface area contributed by atoms with Crippen LogP contribution in [-0.2, 0) is 19.1 Å². The van der Waals surface area contributed by atoms with Gasteiger partial charge >= 0.3 is 11.9 Å². The number of hydrogen-bond donors (Lipinski definition) is 1. The highest BCUT2D eigenvalue weighted by atomic mass is 16.6. The first-order valence-electron chi connectivity index (χ1n) is 20.7. The van der Waals surface area contributed by atoms with Crippen LogP contribution < -0.4 is 0 Å². The fraction of sp³-hybridized carbons (Fsp3) is 0.905. The lowest BCUT2D eigenvalue weighted by Crippen LogP contribution is -2.28. The molecule has 5 nitrogen and oxygen atoms in total. The number of carbonyl (C=O) groups excluding carboxylic acids is 2. The maximum atomic E-state index is 12.2. The van der Waals surface area contributed by atoms with E-state index in [4.69, 9.17) is 9.47 Å². The lowest BCUT2D eigenvalue weighted by atomic mass is 10.0. The Labute approximate surface area is 292 Å². The zero-order valence-electron chi connectivity index (χ0n) is 31.6. The fourth-order valence-corrected chi connectivity index (χ4v) is 6.14. The smallest absolute Gasteiger partial charge is 0.306 e. The van der Waals surface area contributed by atoms with Crippen LogP contribution in [0.5, 0.6) is 0 Å². The van der Waals surface area contributed by atoms with Gasteiger partial charge in [0.2, 0.25) is 0 Å². The first-order valence-corrected chi connectivity index (χ1v) is 20.7. The minimum Gasteiger partial charge on any atom is -0.462 e. The molecule has 0 fully saturated rings. The van der Waals surface area contributed by atoms with Gasteiger partial charge in [0, 0.05) is 12.8 Å². The third-order valence-corrected chi connectivity index (χ3v) is 9.31. The average molecular weight is 665 g/mol. The van der Waals surface area contributed by atoms with Crippen LogP contribution in [0.3, 0.4) is 0 Å². The maximum Gasteiger partial charge on any atom is 0.306 e. The van der Waals surface area contributed by atoms with Gasteiger partial charge < -0.3 is 14.6 Å². The summed E-state index contributed by atoms with van der Waals surface area (Å²) >= 11 is 0. The van der Waals surface area contributed by atoms with Crippen molar-refractivity contribution < 1.29 is 24.2 Å². The fourth-order valence-electron chi connectivity index (χ4n) is 6.14. The van der Waals surface area contributed by atoms with Crippen LogP contribution in [0.1, 0.15) is 226 Å². The Morgan fingerprint density at radius 1 is 0.468 bits per heavy atom. The molecule has 0 spiro atoms. The Morgan fingerprint density at radius 3 is 1.15 bits per heavy atom. The predicted octanol–water partition coefficient (Wildman–Crippen LogP) is 12.9. The number of esters is 2. The van der Waals surface area contributed by atoms with Gasteiger partial charge in [-0.2, -0.15) is 0 Å². The molecule has 0 aromatic carbocycles. The van der Waals surface area contributed by atoms with E-state index in [9.17, 15) is 14.7 Å². The van der Waals surface area contributed by atoms with E-state index in [0.717, 1.165) is 38.5 Å². The minimum absolute atomic E-state index is 0.0630. The van der Waals surface area contributed by atoms with E-state index in [1.165, 1.54) is 161 Å². The second-order valence-electron chi connectivity index (χ2n) is 14.1. The topological polar surface area (TPSA) is 72.8 Å². The average Bonchev–Trinajstić information content (AvgIpc) is 3.07. The van der Waals surface area contributed by atoms with Crippen molar-refractivity contribution in [1.29, 1.82) is 0 Å². The Morgan fingerprint density at radius 2 is 0.787 bits per heavy atom. The molecule has 0 radical (unpaired) electrons. The lowest BCUT2D eigenvalue weighted by Gasteiger charge is -2.15. The van der Waals surface area contributed by atoms with Crippen LogP contribution >= 0.6 is 0 Å². The van der Waals surface area contributed by atoms with Gasteiger partial charge in [-0.15, -0.1) is 0 Å². The molecule has 0 aliphatic rings. The number of aliphatic hydroxyl groups is 1. The van der Waals surface area contributed by atoms with E-state index in [1.807, 2.05) is 0 Å². The number of rotatable bonds is 38. The van der Waals surface area contributed by atoms with Crippen molar-refractivity contribution >= 4 is 11.9 Å². The van der Waals surface area contributed by atoms with Crippen LogP contribution in [0.15, 0.2) is 12.2 Å². The molecule has 0 aromatic rings. The normalized spacial score (nSPS) is 12.1.